The molecule has 0 aliphatic rings. The van der Waals surface area contributed by atoms with Crippen LogP contribution in [0, 0.1) is 0 Å². The molecule has 2 amide bonds. The van der Waals surface area contributed by atoms with Crippen LogP contribution < -0.4 is 11.1 Å². The van der Waals surface area contributed by atoms with Gasteiger partial charge in [0.05, 0.1) is 12.6 Å². The lowest BCUT2D eigenvalue weighted by Crippen LogP contribution is -2.33. The Morgan fingerprint density at radius 2 is 1.57 bits per heavy atom. The standard InChI is InChI=1S/C10H12N2O3.C10H12O3/c11-9(13)6-12-10(14)15-7-8-4-2-1-3-5-8;1-7(11)9(10(12)13)8-5-3-2-4-6-8/h1-5H,6-7H2,(H2,11,13)(H,12,14);2-7,9,11H,1H3,(H,12,13). The van der Waals surface area contributed by atoms with Gasteiger partial charge < -0.3 is 26.0 Å². The van der Waals surface area contributed by atoms with Crippen LogP contribution in [0.25, 0.3) is 0 Å². The quantitative estimate of drug-likeness (QED) is 0.569. The van der Waals surface area contributed by atoms with Crippen LogP contribution in [0.15, 0.2) is 60.7 Å². The van der Waals surface area contributed by atoms with Crippen LogP contribution in [0.4, 0.5) is 4.79 Å². The van der Waals surface area contributed by atoms with Gasteiger partial charge in [0.1, 0.15) is 12.5 Å². The molecule has 2 aromatic rings. The lowest BCUT2D eigenvalue weighted by molar-refractivity contribution is -0.141. The number of carbonyl (C=O) groups is 3. The van der Waals surface area contributed by atoms with E-state index in [4.69, 9.17) is 15.6 Å². The lowest BCUT2D eigenvalue weighted by atomic mass is 9.95. The molecule has 0 bridgehead atoms. The Kier molecular flexibility index (Phi) is 9.77. The van der Waals surface area contributed by atoms with Crippen molar-refractivity contribution >= 4 is 18.0 Å². The molecule has 0 saturated heterocycles. The predicted molar refractivity (Wildman–Crippen MR) is 102 cm³/mol. The summed E-state index contributed by atoms with van der Waals surface area (Å²) in [5.74, 6) is -2.44. The Balaban J connectivity index is 0.000000283. The van der Waals surface area contributed by atoms with E-state index in [1.807, 2.05) is 36.4 Å². The van der Waals surface area contributed by atoms with Crippen molar-refractivity contribution < 1.29 is 29.3 Å². The highest BCUT2D eigenvalue weighted by atomic mass is 16.5. The number of rotatable bonds is 7. The summed E-state index contributed by atoms with van der Waals surface area (Å²) in [6, 6.07) is 18.0. The van der Waals surface area contributed by atoms with Gasteiger partial charge >= 0.3 is 12.1 Å². The molecule has 2 aromatic carbocycles. The van der Waals surface area contributed by atoms with Crippen molar-refractivity contribution in [2.45, 2.75) is 25.6 Å². The maximum absolute atomic E-state index is 11.0. The van der Waals surface area contributed by atoms with Crippen molar-refractivity contribution in [1.29, 1.82) is 0 Å². The van der Waals surface area contributed by atoms with Crippen molar-refractivity contribution in [3.63, 3.8) is 0 Å². The molecule has 0 heterocycles. The number of aliphatic hydroxyl groups excluding tert-OH is 1. The summed E-state index contributed by atoms with van der Waals surface area (Å²) in [6.45, 7) is 1.44. The van der Waals surface area contributed by atoms with Crippen LogP contribution in [0.3, 0.4) is 0 Å². The molecule has 8 heteroatoms. The number of benzene rings is 2. The smallest absolute Gasteiger partial charge is 0.407 e. The molecule has 2 unspecified atom stereocenters. The lowest BCUT2D eigenvalue weighted by Gasteiger charge is -2.14. The first-order chi connectivity index (χ1) is 13.3. The van der Waals surface area contributed by atoms with Gasteiger partial charge in [-0.2, -0.15) is 0 Å². The fourth-order valence-electron chi connectivity index (χ4n) is 2.22. The summed E-state index contributed by atoms with van der Waals surface area (Å²) in [5, 5.41) is 20.3. The summed E-state index contributed by atoms with van der Waals surface area (Å²) < 4.78 is 4.82. The largest absolute Gasteiger partial charge is 0.481 e. The fraction of sp³-hybridized carbons (Fsp3) is 0.250. The number of aliphatic carboxylic acids is 1. The van der Waals surface area contributed by atoms with Crippen molar-refractivity contribution in [2.24, 2.45) is 5.73 Å². The molecule has 2 atom stereocenters. The summed E-state index contributed by atoms with van der Waals surface area (Å²) in [6.07, 6.45) is -1.53. The van der Waals surface area contributed by atoms with Crippen molar-refractivity contribution in [2.75, 3.05) is 6.54 Å². The second kappa shape index (κ2) is 12.1. The number of ether oxygens (including phenoxy) is 1. The van der Waals surface area contributed by atoms with Gasteiger partial charge in [-0.1, -0.05) is 60.7 Å². The minimum Gasteiger partial charge on any atom is -0.481 e. The number of carboxylic acids is 1. The number of hydrogen-bond acceptors (Lipinski definition) is 5. The molecule has 28 heavy (non-hydrogen) atoms. The van der Waals surface area contributed by atoms with Crippen LogP contribution in [0.2, 0.25) is 0 Å². The highest BCUT2D eigenvalue weighted by Crippen LogP contribution is 2.19. The number of carbonyl (C=O) groups excluding carboxylic acids is 2. The maximum atomic E-state index is 11.0. The number of nitrogens with one attached hydrogen (secondary N) is 1. The third-order valence-electron chi connectivity index (χ3n) is 3.53. The highest BCUT2D eigenvalue weighted by molar-refractivity contribution is 5.80. The number of aliphatic hydroxyl groups is 1. The number of hydrogen-bond donors (Lipinski definition) is 4. The average molecular weight is 388 g/mol. The van der Waals surface area contributed by atoms with Gasteiger partial charge in [-0.3, -0.25) is 9.59 Å². The van der Waals surface area contributed by atoms with Gasteiger partial charge in [-0.15, -0.1) is 0 Å². The van der Waals surface area contributed by atoms with E-state index in [0.29, 0.717) is 5.56 Å². The van der Waals surface area contributed by atoms with Crippen molar-refractivity contribution in [1.82, 2.24) is 5.32 Å². The summed E-state index contributed by atoms with van der Waals surface area (Å²) in [5.41, 5.74) is 6.35. The summed E-state index contributed by atoms with van der Waals surface area (Å²) in [7, 11) is 0. The van der Waals surface area contributed by atoms with Gasteiger partial charge in [-0.05, 0) is 18.1 Å². The van der Waals surface area contributed by atoms with E-state index in [1.165, 1.54) is 6.92 Å². The van der Waals surface area contributed by atoms with E-state index in [2.05, 4.69) is 5.32 Å². The average Bonchev–Trinajstić information content (AvgIpc) is 2.66. The molecule has 5 N–H and O–H groups in total. The second-order valence-electron chi connectivity index (χ2n) is 5.85. The zero-order valence-corrected chi connectivity index (χ0v) is 15.4. The molecule has 150 valence electrons. The molecular formula is C20H24N2O6. The number of primary amides is 1. The third-order valence-corrected chi connectivity index (χ3v) is 3.53. The first-order valence-electron chi connectivity index (χ1n) is 8.50. The first kappa shape index (κ1) is 22.7. The van der Waals surface area contributed by atoms with Gasteiger partial charge in [0, 0.05) is 0 Å². The third kappa shape index (κ3) is 8.81. The fourth-order valence-corrected chi connectivity index (χ4v) is 2.22. The Hall–Kier alpha value is -3.39. The van der Waals surface area contributed by atoms with Gasteiger partial charge in [-0.25, -0.2) is 4.79 Å². The monoisotopic (exact) mass is 388 g/mol. The SMILES string of the molecule is CC(O)C(C(=O)O)c1ccccc1.NC(=O)CNC(=O)OCc1ccccc1. The first-order valence-corrected chi connectivity index (χ1v) is 8.50. The summed E-state index contributed by atoms with van der Waals surface area (Å²) >= 11 is 0. The van der Waals surface area contributed by atoms with Crippen molar-refractivity contribution in [3.8, 4) is 0 Å². The molecule has 0 aliphatic carbocycles. The van der Waals surface area contributed by atoms with E-state index in [9.17, 15) is 19.5 Å². The normalized spacial score (nSPS) is 11.9. The molecule has 0 spiro atoms. The van der Waals surface area contributed by atoms with E-state index in [1.54, 1.807) is 24.3 Å². The van der Waals surface area contributed by atoms with Crippen LogP contribution in [0.5, 0.6) is 0 Å². The topological polar surface area (TPSA) is 139 Å². The number of nitrogens with two attached hydrogens (primary N) is 1. The number of carboxylic acid groups (broad SMARTS) is 1. The van der Waals surface area contributed by atoms with E-state index in [0.717, 1.165) is 5.56 Å². The predicted octanol–water partition coefficient (Wildman–Crippen LogP) is 1.63. The van der Waals surface area contributed by atoms with E-state index < -0.39 is 30.0 Å². The minimum atomic E-state index is -0.999. The van der Waals surface area contributed by atoms with Gasteiger partial charge in [0.2, 0.25) is 5.91 Å². The molecule has 0 aromatic heterocycles. The highest BCUT2D eigenvalue weighted by Gasteiger charge is 2.24. The molecular weight excluding hydrogens is 364 g/mol. The minimum absolute atomic E-state index is 0.172. The van der Waals surface area contributed by atoms with Crippen LogP contribution in [0.1, 0.15) is 24.0 Å². The van der Waals surface area contributed by atoms with Gasteiger partial charge in [0.15, 0.2) is 0 Å². The van der Waals surface area contributed by atoms with E-state index >= 15 is 0 Å². The molecule has 0 fully saturated rings. The van der Waals surface area contributed by atoms with Crippen molar-refractivity contribution in [3.05, 3.63) is 71.8 Å². The molecule has 0 radical (unpaired) electrons. The second-order valence-corrected chi connectivity index (χ2v) is 5.85. The summed E-state index contributed by atoms with van der Waals surface area (Å²) in [4.78, 5) is 32.1. The molecule has 0 saturated carbocycles. The molecule has 8 nitrogen and oxygen atoms in total. The molecule has 0 aliphatic heterocycles. The molecule has 2 rings (SSSR count). The van der Waals surface area contributed by atoms with Gasteiger partial charge in [0.25, 0.3) is 0 Å². The number of amides is 2. The van der Waals surface area contributed by atoms with E-state index in [-0.39, 0.29) is 13.2 Å². The van der Waals surface area contributed by atoms with Crippen LogP contribution in [-0.2, 0) is 20.9 Å². The Labute approximate surface area is 162 Å². The zero-order valence-electron chi connectivity index (χ0n) is 15.4. The van der Waals surface area contributed by atoms with Crippen LogP contribution in [-0.4, -0.2) is 40.8 Å². The Morgan fingerprint density at radius 3 is 2.04 bits per heavy atom. The maximum Gasteiger partial charge on any atom is 0.407 e. The Morgan fingerprint density at radius 1 is 1.04 bits per heavy atom. The number of alkyl carbamates (subject to hydrolysis) is 1. The zero-order chi connectivity index (χ0) is 20.9. The Bertz CT molecular complexity index is 750. The van der Waals surface area contributed by atoms with Crippen LogP contribution >= 0.6 is 0 Å².